The molecular formula is C20H11F5IN7O. The summed E-state index contributed by atoms with van der Waals surface area (Å²) in [4.78, 5) is 26.9. The number of aromatic amines is 1. The topological polar surface area (TPSA) is 94.3 Å². The zero-order valence-electron chi connectivity index (χ0n) is 16.7. The lowest BCUT2D eigenvalue weighted by Crippen LogP contribution is -2.26. The van der Waals surface area contributed by atoms with Gasteiger partial charge in [-0.15, -0.1) is 0 Å². The minimum Gasteiger partial charge on any atom is -0.290 e. The Balaban J connectivity index is 1.68. The zero-order valence-corrected chi connectivity index (χ0v) is 18.9. The Labute approximate surface area is 199 Å². The maximum atomic E-state index is 14.2. The van der Waals surface area contributed by atoms with Gasteiger partial charge in [0.05, 0.1) is 18.1 Å². The molecule has 0 bridgehead atoms. The summed E-state index contributed by atoms with van der Waals surface area (Å²) < 4.78 is 68.9. The van der Waals surface area contributed by atoms with Crippen LogP contribution < -0.4 is 5.69 Å². The Kier molecular flexibility index (Phi) is 5.33. The van der Waals surface area contributed by atoms with Crippen LogP contribution in [0.1, 0.15) is 5.56 Å². The van der Waals surface area contributed by atoms with E-state index >= 15 is 0 Å². The van der Waals surface area contributed by atoms with Gasteiger partial charge in [-0.1, -0.05) is 18.2 Å². The van der Waals surface area contributed by atoms with E-state index in [2.05, 4.69) is 25.0 Å². The molecule has 1 N–H and O–H groups in total. The molecule has 34 heavy (non-hydrogen) atoms. The predicted molar refractivity (Wildman–Crippen MR) is 119 cm³/mol. The van der Waals surface area contributed by atoms with Crippen molar-refractivity contribution in [2.24, 2.45) is 0 Å². The fourth-order valence-corrected chi connectivity index (χ4v) is 4.33. The highest BCUT2D eigenvalue weighted by Crippen LogP contribution is 2.29. The van der Waals surface area contributed by atoms with Crippen LogP contribution >= 0.6 is 22.6 Å². The lowest BCUT2D eigenvalue weighted by atomic mass is 10.2. The van der Waals surface area contributed by atoms with Crippen molar-refractivity contribution in [1.29, 1.82) is 0 Å². The predicted octanol–water partition coefficient (Wildman–Crippen LogP) is 4.02. The summed E-state index contributed by atoms with van der Waals surface area (Å²) in [5.41, 5.74) is -0.650. The molecule has 0 atom stereocenters. The molecule has 0 saturated carbocycles. The second kappa shape index (κ2) is 8.11. The Morgan fingerprint density at radius 1 is 1.12 bits per heavy atom. The molecule has 5 aromatic rings. The van der Waals surface area contributed by atoms with Crippen LogP contribution in [0.2, 0.25) is 0 Å². The van der Waals surface area contributed by atoms with Crippen molar-refractivity contribution in [3.8, 4) is 11.5 Å². The molecule has 0 spiro atoms. The van der Waals surface area contributed by atoms with E-state index in [0.29, 0.717) is 10.1 Å². The van der Waals surface area contributed by atoms with E-state index in [0.717, 1.165) is 12.3 Å². The number of nitrogens with zero attached hydrogens (tertiary/aromatic N) is 6. The molecule has 4 aromatic heterocycles. The van der Waals surface area contributed by atoms with Gasteiger partial charge in [0.15, 0.2) is 17.1 Å². The molecule has 0 saturated heterocycles. The molecule has 0 aliphatic rings. The summed E-state index contributed by atoms with van der Waals surface area (Å²) in [6, 6.07) is 7.19. The van der Waals surface area contributed by atoms with Crippen molar-refractivity contribution in [3.63, 3.8) is 0 Å². The normalized spacial score (nSPS) is 12.2. The number of benzene rings is 1. The molecule has 0 unspecified atom stereocenters. The van der Waals surface area contributed by atoms with Crippen molar-refractivity contribution >= 4 is 44.8 Å². The molecule has 1 aromatic carbocycles. The van der Waals surface area contributed by atoms with Crippen molar-refractivity contribution in [1.82, 2.24) is 34.3 Å². The van der Waals surface area contributed by atoms with Gasteiger partial charge in [0.2, 0.25) is 0 Å². The van der Waals surface area contributed by atoms with Crippen molar-refractivity contribution in [2.45, 2.75) is 19.3 Å². The number of imidazole rings is 1. The third-order valence-corrected chi connectivity index (χ3v) is 5.71. The number of fused-ring (bicyclic) bond motifs is 2. The summed E-state index contributed by atoms with van der Waals surface area (Å²) in [7, 11) is 0. The monoisotopic (exact) mass is 587 g/mol. The molecule has 0 aliphatic heterocycles. The maximum absolute atomic E-state index is 14.2. The highest BCUT2D eigenvalue weighted by Gasteiger charge is 2.31. The average molecular weight is 587 g/mol. The van der Waals surface area contributed by atoms with Gasteiger partial charge in [-0.3, -0.25) is 9.55 Å². The minimum absolute atomic E-state index is 0.0278. The molecule has 0 amide bonds. The fraction of sp³-hybridized carbons (Fsp3) is 0.150. The van der Waals surface area contributed by atoms with Crippen LogP contribution in [0.25, 0.3) is 33.7 Å². The second-order valence-electron chi connectivity index (χ2n) is 7.29. The molecular weight excluding hydrogens is 576 g/mol. The molecule has 0 fully saturated rings. The first-order valence-corrected chi connectivity index (χ1v) is 10.7. The zero-order chi connectivity index (χ0) is 24.2. The quantitative estimate of drug-likeness (QED) is 0.195. The lowest BCUT2D eigenvalue weighted by Gasteiger charge is -2.08. The standard InChI is InChI=1S/C20H11F5IN7O/c21-10-5-11-13(31-33(18(11)27-6-10)7-9-3-1-2-4-12(9)22)16-28-15(26)14-17(29-16)30-19(34)32(14)8-20(23,24)25/h1-6H,7-8H2,(H,28,29,30,34). The number of aromatic nitrogens is 7. The van der Waals surface area contributed by atoms with Gasteiger partial charge >= 0.3 is 11.9 Å². The highest BCUT2D eigenvalue weighted by atomic mass is 127. The Morgan fingerprint density at radius 3 is 2.62 bits per heavy atom. The highest BCUT2D eigenvalue weighted by molar-refractivity contribution is 14.1. The average Bonchev–Trinajstić information content (AvgIpc) is 3.26. The van der Waals surface area contributed by atoms with Gasteiger partial charge in [-0.2, -0.15) is 18.3 Å². The van der Waals surface area contributed by atoms with Gasteiger partial charge < -0.3 is 0 Å². The van der Waals surface area contributed by atoms with E-state index in [4.69, 9.17) is 0 Å². The van der Waals surface area contributed by atoms with Crippen molar-refractivity contribution in [2.75, 3.05) is 0 Å². The molecule has 174 valence electrons. The summed E-state index contributed by atoms with van der Waals surface area (Å²) in [5, 5.41) is 4.60. The van der Waals surface area contributed by atoms with Crippen LogP contribution in [-0.2, 0) is 13.1 Å². The van der Waals surface area contributed by atoms with Gasteiger partial charge in [-0.25, -0.2) is 33.2 Å². The first-order chi connectivity index (χ1) is 16.1. The number of halogens is 6. The van der Waals surface area contributed by atoms with E-state index in [9.17, 15) is 26.7 Å². The number of hydrogen-bond acceptors (Lipinski definition) is 5. The molecule has 4 heterocycles. The van der Waals surface area contributed by atoms with Gasteiger partial charge in [0.25, 0.3) is 0 Å². The lowest BCUT2D eigenvalue weighted by molar-refractivity contribution is -0.140. The Morgan fingerprint density at radius 2 is 1.88 bits per heavy atom. The van der Waals surface area contributed by atoms with Crippen LogP contribution in [0.3, 0.4) is 0 Å². The number of H-pyrrole nitrogens is 1. The first-order valence-electron chi connectivity index (χ1n) is 9.59. The van der Waals surface area contributed by atoms with E-state index in [1.807, 2.05) is 0 Å². The van der Waals surface area contributed by atoms with Gasteiger partial charge in [0.1, 0.15) is 33.1 Å². The van der Waals surface area contributed by atoms with Crippen molar-refractivity contribution in [3.05, 3.63) is 67.9 Å². The maximum Gasteiger partial charge on any atom is 0.406 e. The van der Waals surface area contributed by atoms with E-state index in [-0.39, 0.29) is 44.0 Å². The third-order valence-electron chi connectivity index (χ3n) is 4.96. The van der Waals surface area contributed by atoms with E-state index in [1.54, 1.807) is 34.7 Å². The largest absolute Gasteiger partial charge is 0.406 e. The first kappa shape index (κ1) is 22.4. The number of rotatable bonds is 4. The second-order valence-corrected chi connectivity index (χ2v) is 8.31. The SMILES string of the molecule is O=c1[nH]c2nc(-c3nn(Cc4ccccc4F)c4ncc(F)cc34)nc(I)c2n1CC(F)(F)F. The van der Waals surface area contributed by atoms with Gasteiger partial charge in [-0.05, 0) is 34.7 Å². The van der Waals surface area contributed by atoms with Crippen LogP contribution in [-0.4, -0.2) is 40.5 Å². The van der Waals surface area contributed by atoms with Crippen LogP contribution in [0.15, 0.2) is 41.3 Å². The fourth-order valence-electron chi connectivity index (χ4n) is 3.56. The van der Waals surface area contributed by atoms with Crippen LogP contribution in [0.4, 0.5) is 22.0 Å². The van der Waals surface area contributed by atoms with E-state index < -0.39 is 30.0 Å². The molecule has 8 nitrogen and oxygen atoms in total. The van der Waals surface area contributed by atoms with Gasteiger partial charge in [0, 0.05) is 5.56 Å². The van der Waals surface area contributed by atoms with E-state index in [1.165, 1.54) is 16.8 Å². The Hall–Kier alpha value is -3.43. The number of pyridine rings is 1. The minimum atomic E-state index is -4.63. The molecule has 0 radical (unpaired) electrons. The third kappa shape index (κ3) is 4.01. The number of hydrogen-bond donors (Lipinski definition) is 1. The smallest absolute Gasteiger partial charge is 0.290 e. The number of nitrogens with one attached hydrogen (secondary N) is 1. The van der Waals surface area contributed by atoms with Crippen LogP contribution in [0, 0.1) is 15.3 Å². The molecule has 5 rings (SSSR count). The summed E-state index contributed by atoms with van der Waals surface area (Å²) in [5.74, 6) is -1.20. The number of alkyl halides is 3. The molecule has 14 heteroatoms. The Bertz CT molecular complexity index is 1620. The van der Waals surface area contributed by atoms with Crippen LogP contribution in [0.5, 0.6) is 0 Å². The summed E-state index contributed by atoms with van der Waals surface area (Å²) in [6.45, 7) is -1.54. The van der Waals surface area contributed by atoms with Crippen molar-refractivity contribution < 1.29 is 22.0 Å². The summed E-state index contributed by atoms with van der Waals surface area (Å²) >= 11 is 1.69. The molecule has 0 aliphatic carbocycles. The summed E-state index contributed by atoms with van der Waals surface area (Å²) in [6.07, 6.45) is -3.65.